The molecule has 0 spiro atoms. The number of amides is 1. The van der Waals surface area contributed by atoms with E-state index >= 15 is 0 Å². The fraction of sp³-hybridized carbons (Fsp3) is 0.462. The molecule has 1 amide bonds. The number of nitrogens with two attached hydrogens (primary N) is 1. The summed E-state index contributed by atoms with van der Waals surface area (Å²) in [4.78, 5) is 11.8. The highest BCUT2D eigenvalue weighted by molar-refractivity contribution is 5.89. The van der Waals surface area contributed by atoms with Gasteiger partial charge in [0.15, 0.2) is 0 Å². The van der Waals surface area contributed by atoms with Gasteiger partial charge in [0.1, 0.15) is 12.4 Å². The van der Waals surface area contributed by atoms with Gasteiger partial charge in [0.2, 0.25) is 5.91 Å². The van der Waals surface area contributed by atoms with Crippen LogP contribution in [0.2, 0.25) is 0 Å². The fourth-order valence-electron chi connectivity index (χ4n) is 2.11. The van der Waals surface area contributed by atoms with Crippen molar-refractivity contribution in [1.82, 2.24) is 5.32 Å². The van der Waals surface area contributed by atoms with E-state index in [1.165, 1.54) is 0 Å². The van der Waals surface area contributed by atoms with Crippen LogP contribution in [0.15, 0.2) is 24.3 Å². The van der Waals surface area contributed by atoms with Crippen LogP contribution < -0.4 is 15.8 Å². The van der Waals surface area contributed by atoms with Gasteiger partial charge in [-0.25, -0.2) is 0 Å². The summed E-state index contributed by atoms with van der Waals surface area (Å²) >= 11 is 0. The Morgan fingerprint density at radius 3 is 2.94 bits per heavy atom. The number of ether oxygens (including phenoxy) is 1. The van der Waals surface area contributed by atoms with Crippen LogP contribution >= 0.6 is 0 Å². The van der Waals surface area contributed by atoms with Crippen molar-refractivity contribution in [3.63, 3.8) is 0 Å². The molecule has 1 heterocycles. The monoisotopic (exact) mass is 232 g/mol. The summed E-state index contributed by atoms with van der Waals surface area (Å²) in [5.74, 6) is 0.886. The quantitative estimate of drug-likeness (QED) is 0.784. The van der Waals surface area contributed by atoms with Crippen molar-refractivity contribution < 1.29 is 9.53 Å². The van der Waals surface area contributed by atoms with Crippen LogP contribution in [0.1, 0.15) is 18.4 Å². The Balaban J connectivity index is 1.66. The summed E-state index contributed by atoms with van der Waals surface area (Å²) in [7, 11) is 0. The maximum Gasteiger partial charge on any atom is 0.240 e. The van der Waals surface area contributed by atoms with E-state index in [0.29, 0.717) is 6.61 Å². The molecule has 0 saturated heterocycles. The molecule has 3 rings (SSSR count). The van der Waals surface area contributed by atoms with Crippen LogP contribution in [-0.2, 0) is 11.2 Å². The third kappa shape index (κ3) is 2.00. The maximum absolute atomic E-state index is 11.8. The van der Waals surface area contributed by atoms with E-state index < -0.39 is 5.54 Å². The van der Waals surface area contributed by atoms with Crippen molar-refractivity contribution in [2.75, 3.05) is 6.61 Å². The third-order valence-electron chi connectivity index (χ3n) is 3.46. The molecular formula is C13H16N2O2. The maximum atomic E-state index is 11.8. The van der Waals surface area contributed by atoms with E-state index in [-0.39, 0.29) is 11.9 Å². The second-order valence-electron chi connectivity index (χ2n) is 4.95. The van der Waals surface area contributed by atoms with Crippen molar-refractivity contribution in [2.45, 2.75) is 30.8 Å². The molecule has 17 heavy (non-hydrogen) atoms. The Kier molecular flexibility index (Phi) is 2.33. The first-order valence-electron chi connectivity index (χ1n) is 5.98. The van der Waals surface area contributed by atoms with Crippen molar-refractivity contribution in [1.29, 1.82) is 0 Å². The highest BCUT2D eigenvalue weighted by Crippen LogP contribution is 2.32. The number of fused-ring (bicyclic) bond motifs is 1. The summed E-state index contributed by atoms with van der Waals surface area (Å²) in [5.41, 5.74) is 6.39. The van der Waals surface area contributed by atoms with E-state index in [9.17, 15) is 4.79 Å². The Labute approximate surface area is 100 Å². The summed E-state index contributed by atoms with van der Waals surface area (Å²) in [6, 6.07) is 7.97. The van der Waals surface area contributed by atoms with Gasteiger partial charge in [0, 0.05) is 0 Å². The first kappa shape index (κ1) is 10.6. The van der Waals surface area contributed by atoms with Gasteiger partial charge >= 0.3 is 0 Å². The standard InChI is InChI=1S/C13H16N2O2/c14-13(5-6-13)12(16)15-10-7-9-3-1-2-4-11(9)17-8-10/h1-4,10H,5-8,14H2,(H,15,16). The first-order chi connectivity index (χ1) is 8.17. The smallest absolute Gasteiger partial charge is 0.240 e. The zero-order valence-electron chi connectivity index (χ0n) is 9.61. The molecule has 1 aromatic carbocycles. The highest BCUT2D eigenvalue weighted by atomic mass is 16.5. The second kappa shape index (κ2) is 3.74. The Morgan fingerprint density at radius 2 is 2.18 bits per heavy atom. The van der Waals surface area contributed by atoms with E-state index in [0.717, 1.165) is 30.6 Å². The predicted octanol–water partition coefficient (Wildman–Crippen LogP) is 0.598. The molecule has 1 aliphatic heterocycles. The summed E-state index contributed by atoms with van der Waals surface area (Å²) in [6.45, 7) is 0.527. The molecule has 0 aromatic heterocycles. The minimum absolute atomic E-state index is 0.0366. The molecule has 1 saturated carbocycles. The number of nitrogens with one attached hydrogen (secondary N) is 1. The largest absolute Gasteiger partial charge is 0.491 e. The molecular weight excluding hydrogens is 216 g/mol. The molecule has 0 radical (unpaired) electrons. The van der Waals surface area contributed by atoms with Crippen molar-refractivity contribution in [3.8, 4) is 5.75 Å². The normalized spacial score (nSPS) is 24.4. The van der Waals surface area contributed by atoms with E-state index in [1.807, 2.05) is 24.3 Å². The first-order valence-corrected chi connectivity index (χ1v) is 5.98. The zero-order valence-corrected chi connectivity index (χ0v) is 9.61. The van der Waals surface area contributed by atoms with Gasteiger partial charge in [-0.2, -0.15) is 0 Å². The lowest BCUT2D eigenvalue weighted by Crippen LogP contribution is -2.50. The molecule has 1 aromatic rings. The van der Waals surface area contributed by atoms with Gasteiger partial charge in [-0.1, -0.05) is 18.2 Å². The van der Waals surface area contributed by atoms with Gasteiger partial charge in [-0.15, -0.1) is 0 Å². The van der Waals surface area contributed by atoms with Gasteiger partial charge < -0.3 is 15.8 Å². The van der Waals surface area contributed by atoms with Crippen LogP contribution in [0.25, 0.3) is 0 Å². The number of hydrogen-bond acceptors (Lipinski definition) is 3. The molecule has 1 aliphatic carbocycles. The van der Waals surface area contributed by atoms with Gasteiger partial charge in [0.25, 0.3) is 0 Å². The van der Waals surface area contributed by atoms with Crippen LogP contribution in [0.5, 0.6) is 5.75 Å². The molecule has 0 bridgehead atoms. The van der Waals surface area contributed by atoms with E-state index in [1.54, 1.807) is 0 Å². The number of carbonyl (C=O) groups excluding carboxylic acids is 1. The van der Waals surface area contributed by atoms with Gasteiger partial charge in [0.05, 0.1) is 11.6 Å². The summed E-state index contributed by atoms with van der Waals surface area (Å²) in [6.07, 6.45) is 2.41. The lowest BCUT2D eigenvalue weighted by atomic mass is 10.0. The minimum Gasteiger partial charge on any atom is -0.491 e. The number of carbonyl (C=O) groups is 1. The van der Waals surface area contributed by atoms with E-state index in [4.69, 9.17) is 10.5 Å². The van der Waals surface area contributed by atoms with Crippen LogP contribution in [0, 0.1) is 0 Å². The number of para-hydroxylation sites is 1. The molecule has 1 atom stereocenters. The minimum atomic E-state index is -0.600. The predicted molar refractivity (Wildman–Crippen MR) is 63.7 cm³/mol. The molecule has 4 heteroatoms. The lowest BCUT2D eigenvalue weighted by Gasteiger charge is -2.27. The van der Waals surface area contributed by atoms with Crippen molar-refractivity contribution >= 4 is 5.91 Å². The SMILES string of the molecule is NC1(C(=O)NC2COc3ccccc3C2)CC1. The Morgan fingerprint density at radius 1 is 1.41 bits per heavy atom. The number of benzene rings is 1. The highest BCUT2D eigenvalue weighted by Gasteiger charge is 2.46. The summed E-state index contributed by atoms with van der Waals surface area (Å²) in [5, 5.41) is 2.97. The Bertz CT molecular complexity index is 454. The molecule has 3 N–H and O–H groups in total. The summed E-state index contributed by atoms with van der Waals surface area (Å²) < 4.78 is 5.61. The van der Waals surface area contributed by atoms with Gasteiger partial charge in [-0.05, 0) is 30.9 Å². The van der Waals surface area contributed by atoms with Crippen LogP contribution in [-0.4, -0.2) is 24.1 Å². The average Bonchev–Trinajstić information content (AvgIpc) is 3.09. The average molecular weight is 232 g/mol. The molecule has 90 valence electrons. The van der Waals surface area contributed by atoms with Crippen molar-refractivity contribution in [2.24, 2.45) is 5.73 Å². The van der Waals surface area contributed by atoms with Crippen LogP contribution in [0.3, 0.4) is 0 Å². The third-order valence-corrected chi connectivity index (χ3v) is 3.46. The zero-order chi connectivity index (χ0) is 11.9. The number of hydrogen-bond donors (Lipinski definition) is 2. The topological polar surface area (TPSA) is 64.4 Å². The molecule has 2 aliphatic rings. The Hall–Kier alpha value is -1.55. The van der Waals surface area contributed by atoms with Crippen molar-refractivity contribution in [3.05, 3.63) is 29.8 Å². The van der Waals surface area contributed by atoms with Crippen LogP contribution in [0.4, 0.5) is 0 Å². The molecule has 1 fully saturated rings. The number of rotatable bonds is 2. The van der Waals surface area contributed by atoms with E-state index in [2.05, 4.69) is 5.32 Å². The fourth-order valence-corrected chi connectivity index (χ4v) is 2.11. The second-order valence-corrected chi connectivity index (χ2v) is 4.95. The molecule has 4 nitrogen and oxygen atoms in total. The van der Waals surface area contributed by atoms with Gasteiger partial charge in [-0.3, -0.25) is 4.79 Å². The molecule has 1 unspecified atom stereocenters. The lowest BCUT2D eigenvalue weighted by molar-refractivity contribution is -0.124.